The Kier molecular flexibility index (Phi) is 8.18. The molecule has 3 aromatic carbocycles. The van der Waals surface area contributed by atoms with E-state index in [2.05, 4.69) is 10.2 Å². The number of ether oxygens (including phenoxy) is 2. The van der Waals surface area contributed by atoms with Gasteiger partial charge in [0, 0.05) is 17.7 Å². The minimum atomic E-state index is -0.962. The third-order valence-electron chi connectivity index (χ3n) is 7.14. The van der Waals surface area contributed by atoms with Crippen LogP contribution < -0.4 is 14.4 Å². The number of nitrogens with zero attached hydrogens (tertiary/aromatic N) is 3. The van der Waals surface area contributed by atoms with Crippen LogP contribution in [0, 0.1) is 5.82 Å². The number of carbonyl (C=O) groups is 2. The Hall–Kier alpha value is -4.22. The quantitative estimate of drug-likeness (QED) is 0.0727. The summed E-state index contributed by atoms with van der Waals surface area (Å²) in [6, 6.07) is 17.6. The Labute approximate surface area is 256 Å². The summed E-state index contributed by atoms with van der Waals surface area (Å²) >= 11 is 2.56. The van der Waals surface area contributed by atoms with Gasteiger partial charge in [0.05, 0.1) is 18.2 Å². The van der Waals surface area contributed by atoms with Gasteiger partial charge < -0.3 is 14.6 Å². The standard InChI is InChI=1S/C32H28FN3O5S2/c1-3-13-40-24-6-4-5-20(16-24)27-26(28(37)21-9-12-25-22(15-21)14-18(2)41-25)29(38)30(39)36(27)31-34-35-32(43-31)42-17-19-7-10-23(33)11-8-19/h4-12,15-16,18,27,37H,3,13-14,17H2,1-2H3/t18-,27+/m0/s1. The number of hydrogen-bond acceptors (Lipinski definition) is 9. The minimum absolute atomic E-state index is 0.0105. The van der Waals surface area contributed by atoms with E-state index in [4.69, 9.17) is 9.47 Å². The lowest BCUT2D eigenvalue weighted by Crippen LogP contribution is -2.29. The third-order valence-corrected chi connectivity index (χ3v) is 9.27. The first kappa shape index (κ1) is 28.9. The maximum atomic E-state index is 13.6. The molecule has 6 rings (SSSR count). The van der Waals surface area contributed by atoms with Gasteiger partial charge in [0.2, 0.25) is 5.13 Å². The molecule has 0 bridgehead atoms. The summed E-state index contributed by atoms with van der Waals surface area (Å²) in [7, 11) is 0. The van der Waals surface area contributed by atoms with Crippen LogP contribution in [0.15, 0.2) is 76.6 Å². The van der Waals surface area contributed by atoms with Crippen molar-refractivity contribution in [3.05, 3.63) is 100 Å². The van der Waals surface area contributed by atoms with E-state index in [1.54, 1.807) is 48.5 Å². The van der Waals surface area contributed by atoms with Crippen molar-refractivity contribution in [2.45, 2.75) is 48.9 Å². The van der Waals surface area contributed by atoms with Gasteiger partial charge in [0.25, 0.3) is 5.78 Å². The smallest absolute Gasteiger partial charge is 0.301 e. The molecule has 0 spiro atoms. The molecule has 3 heterocycles. The number of ketones is 1. The molecule has 1 saturated heterocycles. The molecule has 0 radical (unpaired) electrons. The molecule has 1 fully saturated rings. The number of halogens is 1. The zero-order valence-electron chi connectivity index (χ0n) is 23.5. The SMILES string of the molecule is CCCOc1cccc([C@@H]2C(=C(O)c3ccc4c(c3)C[C@H](C)O4)C(=O)C(=O)N2c2nnc(SCc3ccc(F)cc3)s2)c1. The van der Waals surface area contributed by atoms with Crippen molar-refractivity contribution >= 4 is 45.7 Å². The second kappa shape index (κ2) is 12.2. The first-order valence-electron chi connectivity index (χ1n) is 13.9. The van der Waals surface area contributed by atoms with Gasteiger partial charge in [-0.3, -0.25) is 14.5 Å². The summed E-state index contributed by atoms with van der Waals surface area (Å²) < 4.78 is 25.5. The lowest BCUT2D eigenvalue weighted by Gasteiger charge is -2.23. The molecule has 2 aliphatic heterocycles. The highest BCUT2D eigenvalue weighted by Crippen LogP contribution is 2.45. The van der Waals surface area contributed by atoms with Gasteiger partial charge in [-0.25, -0.2) is 4.39 Å². The van der Waals surface area contributed by atoms with E-state index >= 15 is 0 Å². The van der Waals surface area contributed by atoms with Crippen LogP contribution in [-0.4, -0.2) is 39.7 Å². The highest BCUT2D eigenvalue weighted by Gasteiger charge is 2.48. The fraction of sp³-hybridized carbons (Fsp3) is 0.250. The second-order valence-corrected chi connectivity index (χ2v) is 12.5. The van der Waals surface area contributed by atoms with Crippen molar-refractivity contribution in [2.24, 2.45) is 0 Å². The van der Waals surface area contributed by atoms with Crippen LogP contribution in [0.5, 0.6) is 11.5 Å². The van der Waals surface area contributed by atoms with Crippen LogP contribution in [-0.2, 0) is 21.8 Å². The largest absolute Gasteiger partial charge is 0.507 e. The fourth-order valence-electron chi connectivity index (χ4n) is 5.15. The summed E-state index contributed by atoms with van der Waals surface area (Å²) in [6.07, 6.45) is 1.50. The fourth-order valence-corrected chi connectivity index (χ4v) is 6.97. The highest BCUT2D eigenvalue weighted by atomic mass is 32.2. The number of benzene rings is 3. The highest BCUT2D eigenvalue weighted by molar-refractivity contribution is 8.00. The zero-order chi connectivity index (χ0) is 30.1. The summed E-state index contributed by atoms with van der Waals surface area (Å²) in [5.41, 5.74) is 2.79. The molecular formula is C32H28FN3O5S2. The number of anilines is 1. The number of rotatable bonds is 9. The molecule has 0 saturated carbocycles. The molecule has 1 amide bonds. The average molecular weight is 618 g/mol. The number of amides is 1. The summed E-state index contributed by atoms with van der Waals surface area (Å²) in [5, 5.41) is 20.3. The number of aliphatic hydroxyl groups excluding tert-OH is 1. The van der Waals surface area contributed by atoms with Gasteiger partial charge in [-0.1, -0.05) is 54.3 Å². The number of thioether (sulfide) groups is 1. The third kappa shape index (κ3) is 5.87. The van der Waals surface area contributed by atoms with E-state index in [9.17, 15) is 19.1 Å². The topological polar surface area (TPSA) is 102 Å². The van der Waals surface area contributed by atoms with Crippen molar-refractivity contribution in [3.8, 4) is 11.5 Å². The van der Waals surface area contributed by atoms with E-state index in [0.717, 1.165) is 23.3 Å². The van der Waals surface area contributed by atoms with E-state index in [-0.39, 0.29) is 28.4 Å². The van der Waals surface area contributed by atoms with Crippen molar-refractivity contribution < 1.29 is 28.6 Å². The van der Waals surface area contributed by atoms with Crippen molar-refractivity contribution in [1.82, 2.24) is 10.2 Å². The number of aliphatic hydroxyl groups is 1. The van der Waals surface area contributed by atoms with E-state index < -0.39 is 17.7 Å². The van der Waals surface area contributed by atoms with Gasteiger partial charge in [-0.05, 0) is 72.5 Å². The van der Waals surface area contributed by atoms with Crippen molar-refractivity contribution in [3.63, 3.8) is 0 Å². The molecule has 1 N–H and O–H groups in total. The number of fused-ring (bicyclic) bond motifs is 1. The number of hydrogen-bond donors (Lipinski definition) is 1. The lowest BCUT2D eigenvalue weighted by molar-refractivity contribution is -0.132. The average Bonchev–Trinajstić information content (AvgIpc) is 3.70. The predicted molar refractivity (Wildman–Crippen MR) is 163 cm³/mol. The Morgan fingerprint density at radius 2 is 1.95 bits per heavy atom. The number of aromatic nitrogens is 2. The summed E-state index contributed by atoms with van der Waals surface area (Å²) in [4.78, 5) is 28.5. The van der Waals surface area contributed by atoms with Crippen LogP contribution in [0.1, 0.15) is 48.6 Å². The van der Waals surface area contributed by atoms with Crippen LogP contribution >= 0.6 is 23.1 Å². The van der Waals surface area contributed by atoms with Crippen molar-refractivity contribution in [1.29, 1.82) is 0 Å². The molecular weight excluding hydrogens is 590 g/mol. The van der Waals surface area contributed by atoms with Gasteiger partial charge >= 0.3 is 5.91 Å². The van der Waals surface area contributed by atoms with Gasteiger partial charge in [-0.2, -0.15) is 0 Å². The molecule has 220 valence electrons. The first-order chi connectivity index (χ1) is 20.8. The van der Waals surface area contributed by atoms with Crippen LogP contribution in [0.25, 0.3) is 5.76 Å². The molecule has 0 unspecified atom stereocenters. The van der Waals surface area contributed by atoms with Crippen LogP contribution in [0.3, 0.4) is 0 Å². The lowest BCUT2D eigenvalue weighted by atomic mass is 9.94. The molecule has 11 heteroatoms. The molecule has 4 aromatic rings. The van der Waals surface area contributed by atoms with Gasteiger partial charge in [0.1, 0.15) is 29.2 Å². The molecule has 43 heavy (non-hydrogen) atoms. The number of Topliss-reactive ketones (excluding diaryl/α,β-unsaturated/α-hetero) is 1. The maximum Gasteiger partial charge on any atom is 0.301 e. The molecule has 0 aliphatic carbocycles. The Balaban J connectivity index is 1.39. The monoisotopic (exact) mass is 617 g/mol. The Morgan fingerprint density at radius 1 is 1.14 bits per heavy atom. The van der Waals surface area contributed by atoms with Gasteiger partial charge in [-0.15, -0.1) is 10.2 Å². The van der Waals surface area contributed by atoms with Crippen LogP contribution in [0.4, 0.5) is 9.52 Å². The Morgan fingerprint density at radius 3 is 2.74 bits per heavy atom. The van der Waals surface area contributed by atoms with E-state index in [1.165, 1.54) is 40.1 Å². The molecule has 2 aliphatic rings. The molecule has 1 aromatic heterocycles. The van der Waals surface area contributed by atoms with E-state index in [1.807, 2.05) is 19.9 Å². The minimum Gasteiger partial charge on any atom is -0.507 e. The second-order valence-electron chi connectivity index (χ2n) is 10.3. The zero-order valence-corrected chi connectivity index (χ0v) is 25.1. The Bertz CT molecular complexity index is 1720. The maximum absolute atomic E-state index is 13.6. The summed E-state index contributed by atoms with van der Waals surface area (Å²) in [5.74, 6) is -0.367. The predicted octanol–water partition coefficient (Wildman–Crippen LogP) is 6.71. The van der Waals surface area contributed by atoms with Gasteiger partial charge in [0.15, 0.2) is 4.34 Å². The molecule has 8 nitrogen and oxygen atoms in total. The first-order valence-corrected chi connectivity index (χ1v) is 15.7. The summed E-state index contributed by atoms with van der Waals surface area (Å²) in [6.45, 7) is 4.47. The molecule has 2 atom stereocenters. The van der Waals surface area contributed by atoms with Crippen LogP contribution in [0.2, 0.25) is 0 Å². The van der Waals surface area contributed by atoms with Crippen molar-refractivity contribution in [2.75, 3.05) is 11.5 Å². The number of carbonyl (C=O) groups excluding carboxylic acids is 2. The normalized spacial score (nSPS) is 19.0. The van der Waals surface area contributed by atoms with E-state index in [0.29, 0.717) is 40.0 Å².